The molecule has 0 saturated heterocycles. The zero-order valence-electron chi connectivity index (χ0n) is 18.9. The number of aromatic amines is 1. The standard InChI is InChI=1S/C24H26N4O5/c1-4-28-20-19(22(30)27-23(28)31)15(12-16(26-20)13(2)3)21(29)25-14-7-8-17-18(11-14)33-24(32-17)9-5-6-10-24/h7-8,11-13H,4-6,9-10H2,1-3H3,(H,25,29)(H,27,30,31). The molecule has 1 amide bonds. The van der Waals surface area contributed by atoms with Gasteiger partial charge in [0, 0.05) is 36.8 Å². The molecule has 3 aromatic rings. The highest BCUT2D eigenvalue weighted by molar-refractivity contribution is 6.12. The van der Waals surface area contributed by atoms with Crippen molar-refractivity contribution in [2.75, 3.05) is 5.32 Å². The zero-order chi connectivity index (χ0) is 23.3. The molecule has 1 aliphatic carbocycles. The van der Waals surface area contributed by atoms with Crippen molar-refractivity contribution in [2.45, 2.75) is 64.7 Å². The molecule has 9 nitrogen and oxygen atoms in total. The van der Waals surface area contributed by atoms with E-state index in [1.807, 2.05) is 13.8 Å². The van der Waals surface area contributed by atoms with Crippen molar-refractivity contribution >= 4 is 22.6 Å². The molecule has 0 radical (unpaired) electrons. The molecule has 1 aliphatic heterocycles. The number of carbonyl (C=O) groups is 1. The molecule has 9 heteroatoms. The number of hydrogen-bond donors (Lipinski definition) is 2. The van der Waals surface area contributed by atoms with Gasteiger partial charge in [0.2, 0.25) is 0 Å². The summed E-state index contributed by atoms with van der Waals surface area (Å²) in [6, 6.07) is 6.87. The molecule has 1 spiro atoms. The van der Waals surface area contributed by atoms with Crippen LogP contribution in [0.2, 0.25) is 0 Å². The summed E-state index contributed by atoms with van der Waals surface area (Å²) in [5.41, 5.74) is 0.323. The Bertz CT molecular complexity index is 1380. The number of fused-ring (bicyclic) bond motifs is 2. The third-order valence-corrected chi connectivity index (χ3v) is 6.28. The number of pyridine rings is 1. The number of aryl methyl sites for hydroxylation is 1. The number of carbonyl (C=O) groups excluding carboxylic acids is 1. The van der Waals surface area contributed by atoms with Crippen LogP contribution in [0.25, 0.3) is 11.0 Å². The Hall–Kier alpha value is -3.62. The molecule has 1 aromatic carbocycles. The van der Waals surface area contributed by atoms with E-state index < -0.39 is 22.9 Å². The van der Waals surface area contributed by atoms with Crippen LogP contribution in [0.5, 0.6) is 11.5 Å². The van der Waals surface area contributed by atoms with Crippen LogP contribution in [0, 0.1) is 0 Å². The van der Waals surface area contributed by atoms with Gasteiger partial charge in [0.05, 0.1) is 10.9 Å². The van der Waals surface area contributed by atoms with Crippen LogP contribution in [-0.4, -0.2) is 26.2 Å². The van der Waals surface area contributed by atoms with Crippen molar-refractivity contribution in [3.05, 3.63) is 56.4 Å². The summed E-state index contributed by atoms with van der Waals surface area (Å²) >= 11 is 0. The maximum Gasteiger partial charge on any atom is 0.329 e. The highest BCUT2D eigenvalue weighted by atomic mass is 16.7. The summed E-state index contributed by atoms with van der Waals surface area (Å²) in [7, 11) is 0. The van der Waals surface area contributed by atoms with Gasteiger partial charge in [0.15, 0.2) is 17.1 Å². The number of anilines is 1. The summed E-state index contributed by atoms with van der Waals surface area (Å²) in [5.74, 6) is 0.194. The van der Waals surface area contributed by atoms with Gasteiger partial charge in [-0.1, -0.05) is 13.8 Å². The molecule has 0 unspecified atom stereocenters. The molecule has 0 atom stereocenters. The number of H-pyrrole nitrogens is 1. The molecule has 2 N–H and O–H groups in total. The molecule has 2 aliphatic rings. The van der Waals surface area contributed by atoms with Crippen molar-refractivity contribution in [3.8, 4) is 11.5 Å². The number of ether oxygens (including phenoxy) is 2. The molecule has 33 heavy (non-hydrogen) atoms. The van der Waals surface area contributed by atoms with E-state index in [0.717, 1.165) is 25.7 Å². The fourth-order valence-electron chi connectivity index (χ4n) is 4.55. The first-order valence-electron chi connectivity index (χ1n) is 11.3. The van der Waals surface area contributed by atoms with Crippen LogP contribution in [0.4, 0.5) is 5.69 Å². The minimum absolute atomic E-state index is 0.00575. The first kappa shape index (κ1) is 21.2. The molecule has 3 heterocycles. The van der Waals surface area contributed by atoms with E-state index in [1.165, 1.54) is 4.57 Å². The van der Waals surface area contributed by atoms with Crippen molar-refractivity contribution in [2.24, 2.45) is 0 Å². The SMILES string of the molecule is CCn1c(=O)[nH]c(=O)c2c(C(=O)Nc3ccc4c(c3)OC3(CCCC3)O4)cc(C(C)C)nc21. The largest absolute Gasteiger partial charge is 0.448 e. The molecular formula is C24H26N4O5. The van der Waals surface area contributed by atoms with Crippen molar-refractivity contribution in [1.29, 1.82) is 0 Å². The van der Waals surface area contributed by atoms with E-state index in [4.69, 9.17) is 9.47 Å². The third kappa shape index (κ3) is 3.57. The monoisotopic (exact) mass is 450 g/mol. The first-order valence-corrected chi connectivity index (χ1v) is 11.3. The second-order valence-corrected chi connectivity index (χ2v) is 8.89. The number of hydrogen-bond acceptors (Lipinski definition) is 6. The van der Waals surface area contributed by atoms with Gasteiger partial charge in [-0.15, -0.1) is 0 Å². The molecule has 172 valence electrons. The van der Waals surface area contributed by atoms with Crippen LogP contribution in [0.3, 0.4) is 0 Å². The van der Waals surface area contributed by atoms with E-state index in [1.54, 1.807) is 31.2 Å². The molecule has 0 bridgehead atoms. The highest BCUT2D eigenvalue weighted by Crippen LogP contribution is 2.47. The van der Waals surface area contributed by atoms with Crippen molar-refractivity contribution in [1.82, 2.24) is 14.5 Å². The predicted molar refractivity (Wildman–Crippen MR) is 123 cm³/mol. The quantitative estimate of drug-likeness (QED) is 0.628. The van der Waals surface area contributed by atoms with Gasteiger partial charge >= 0.3 is 5.69 Å². The molecular weight excluding hydrogens is 424 g/mol. The maximum atomic E-state index is 13.3. The van der Waals surface area contributed by atoms with Gasteiger partial charge in [0.1, 0.15) is 0 Å². The Morgan fingerprint density at radius 3 is 2.61 bits per heavy atom. The Kier molecular flexibility index (Phi) is 4.99. The second kappa shape index (κ2) is 7.75. The van der Waals surface area contributed by atoms with Gasteiger partial charge < -0.3 is 14.8 Å². The van der Waals surface area contributed by atoms with E-state index in [2.05, 4.69) is 15.3 Å². The van der Waals surface area contributed by atoms with Crippen LogP contribution < -0.4 is 26.0 Å². The fourth-order valence-corrected chi connectivity index (χ4v) is 4.55. The number of benzene rings is 1. The average molecular weight is 450 g/mol. The minimum atomic E-state index is -0.637. The van der Waals surface area contributed by atoms with Crippen LogP contribution in [0.1, 0.15) is 68.4 Å². The molecule has 2 aromatic heterocycles. The van der Waals surface area contributed by atoms with Crippen molar-refractivity contribution in [3.63, 3.8) is 0 Å². The fraction of sp³-hybridized carbons (Fsp3) is 0.417. The predicted octanol–water partition coefficient (Wildman–Crippen LogP) is 3.52. The maximum absolute atomic E-state index is 13.3. The summed E-state index contributed by atoms with van der Waals surface area (Å²) in [6.07, 6.45) is 3.79. The van der Waals surface area contributed by atoms with E-state index in [9.17, 15) is 14.4 Å². The number of aromatic nitrogens is 3. The van der Waals surface area contributed by atoms with Gasteiger partial charge in [-0.25, -0.2) is 9.78 Å². The topological polar surface area (TPSA) is 115 Å². The van der Waals surface area contributed by atoms with Gasteiger partial charge in [-0.2, -0.15) is 0 Å². The Morgan fingerprint density at radius 2 is 1.91 bits per heavy atom. The number of rotatable bonds is 4. The van der Waals surface area contributed by atoms with Gasteiger partial charge in [0.25, 0.3) is 17.3 Å². The lowest BCUT2D eigenvalue weighted by atomic mass is 10.0. The third-order valence-electron chi connectivity index (χ3n) is 6.28. The lowest BCUT2D eigenvalue weighted by molar-refractivity contribution is -0.0716. The Labute approximate surface area is 189 Å². The molecule has 1 saturated carbocycles. The Balaban J connectivity index is 1.54. The smallest absolute Gasteiger partial charge is 0.329 e. The summed E-state index contributed by atoms with van der Waals surface area (Å²) in [6.45, 7) is 5.97. The van der Waals surface area contributed by atoms with E-state index >= 15 is 0 Å². The molecule has 5 rings (SSSR count). The van der Waals surface area contributed by atoms with Gasteiger partial charge in [-0.05, 0) is 43.9 Å². The van der Waals surface area contributed by atoms with Crippen LogP contribution in [-0.2, 0) is 6.54 Å². The number of nitrogens with zero attached hydrogens (tertiary/aromatic N) is 2. The number of nitrogens with one attached hydrogen (secondary N) is 2. The summed E-state index contributed by atoms with van der Waals surface area (Å²) in [4.78, 5) is 45.2. The number of amides is 1. The van der Waals surface area contributed by atoms with Crippen LogP contribution in [0.15, 0.2) is 33.9 Å². The lowest BCUT2D eigenvalue weighted by Crippen LogP contribution is -2.34. The zero-order valence-corrected chi connectivity index (χ0v) is 18.9. The first-order chi connectivity index (χ1) is 15.8. The van der Waals surface area contributed by atoms with E-state index in [0.29, 0.717) is 29.4 Å². The average Bonchev–Trinajstić information content (AvgIpc) is 3.38. The van der Waals surface area contributed by atoms with E-state index in [-0.39, 0.29) is 22.5 Å². The van der Waals surface area contributed by atoms with Crippen LogP contribution >= 0.6 is 0 Å². The lowest BCUT2D eigenvalue weighted by Gasteiger charge is -2.21. The summed E-state index contributed by atoms with van der Waals surface area (Å²) < 4.78 is 13.5. The summed E-state index contributed by atoms with van der Waals surface area (Å²) in [5, 5.41) is 2.95. The minimum Gasteiger partial charge on any atom is -0.448 e. The Morgan fingerprint density at radius 1 is 1.18 bits per heavy atom. The van der Waals surface area contributed by atoms with Gasteiger partial charge in [-0.3, -0.25) is 19.1 Å². The normalized spacial score (nSPS) is 16.1. The second-order valence-electron chi connectivity index (χ2n) is 8.89. The molecule has 1 fully saturated rings. The van der Waals surface area contributed by atoms with Crippen molar-refractivity contribution < 1.29 is 14.3 Å². The highest BCUT2D eigenvalue weighted by Gasteiger charge is 2.44.